The van der Waals surface area contributed by atoms with E-state index in [1.165, 1.54) is 0 Å². The van der Waals surface area contributed by atoms with Gasteiger partial charge in [-0.2, -0.15) is 5.10 Å². The minimum absolute atomic E-state index is 0.101. The number of alkyl carbamates (subject to hydrolysis) is 1. The maximum absolute atomic E-state index is 12.1. The second-order valence-electron chi connectivity index (χ2n) is 8.67. The molecule has 1 aliphatic heterocycles. The predicted octanol–water partition coefficient (Wildman–Crippen LogP) is 3.52. The van der Waals surface area contributed by atoms with Gasteiger partial charge in [0.15, 0.2) is 5.82 Å². The molecule has 1 N–H and O–H groups in total. The number of fused-ring (bicyclic) bond motifs is 1. The van der Waals surface area contributed by atoms with Crippen molar-refractivity contribution in [1.82, 2.24) is 25.3 Å². The van der Waals surface area contributed by atoms with Gasteiger partial charge >= 0.3 is 6.09 Å². The van der Waals surface area contributed by atoms with E-state index in [0.717, 1.165) is 53.9 Å². The summed E-state index contributed by atoms with van der Waals surface area (Å²) in [6.07, 6.45) is 3.08. The van der Waals surface area contributed by atoms with Gasteiger partial charge in [-0.3, -0.25) is 4.68 Å². The van der Waals surface area contributed by atoms with E-state index >= 15 is 0 Å². The molecular weight excluding hydrogens is 380 g/mol. The Kier molecular flexibility index (Phi) is 5.32. The van der Waals surface area contributed by atoms with Crippen molar-refractivity contribution in [3.8, 4) is 11.4 Å². The first-order chi connectivity index (χ1) is 14.3. The zero-order valence-electron chi connectivity index (χ0n) is 17.9. The average Bonchev–Trinajstić information content (AvgIpc) is 3.12. The third-order valence-corrected chi connectivity index (χ3v) is 5.25. The summed E-state index contributed by atoms with van der Waals surface area (Å²) in [5, 5.41) is 18.5. The number of amides is 1. The number of anilines is 1. The maximum Gasteiger partial charge on any atom is 0.407 e. The molecule has 0 spiro atoms. The van der Waals surface area contributed by atoms with Crippen LogP contribution in [0.3, 0.4) is 0 Å². The van der Waals surface area contributed by atoms with E-state index in [2.05, 4.69) is 37.6 Å². The fraction of sp³-hybridized carbons (Fsp3) is 0.455. The van der Waals surface area contributed by atoms with Crippen molar-refractivity contribution in [2.45, 2.75) is 45.3 Å². The lowest BCUT2D eigenvalue weighted by molar-refractivity contribution is 0.0497. The number of carbonyl (C=O) groups excluding carboxylic acids is 1. The van der Waals surface area contributed by atoms with Gasteiger partial charge in [-0.15, -0.1) is 10.2 Å². The molecule has 2 aromatic heterocycles. The van der Waals surface area contributed by atoms with Gasteiger partial charge in [0.1, 0.15) is 11.3 Å². The second-order valence-corrected chi connectivity index (χ2v) is 8.67. The smallest absolute Gasteiger partial charge is 0.407 e. The number of carbonyl (C=O) groups is 1. The normalized spacial score (nSPS) is 15.4. The third-order valence-electron chi connectivity index (χ3n) is 5.25. The van der Waals surface area contributed by atoms with Crippen molar-refractivity contribution in [3.05, 3.63) is 36.5 Å². The van der Waals surface area contributed by atoms with Crippen LogP contribution in [0.1, 0.15) is 33.6 Å². The molecule has 1 fully saturated rings. The number of aromatic nitrogens is 4. The summed E-state index contributed by atoms with van der Waals surface area (Å²) >= 11 is 0. The summed E-state index contributed by atoms with van der Waals surface area (Å²) in [4.78, 5) is 14.3. The molecule has 0 aliphatic carbocycles. The number of hydrogen-bond acceptors (Lipinski definition) is 6. The molecule has 158 valence electrons. The number of hydrogen-bond donors (Lipinski definition) is 1. The SMILES string of the molecule is Cn1nccc1-c1nnc(N2CCC(NC(=O)OC(C)(C)C)CC2)c2ccccc12. The summed E-state index contributed by atoms with van der Waals surface area (Å²) in [6.45, 7) is 7.20. The Hall–Kier alpha value is -3.16. The van der Waals surface area contributed by atoms with Crippen LogP contribution in [-0.4, -0.2) is 50.8 Å². The van der Waals surface area contributed by atoms with E-state index in [9.17, 15) is 4.79 Å². The van der Waals surface area contributed by atoms with E-state index in [1.807, 2.05) is 50.7 Å². The number of rotatable bonds is 3. The Morgan fingerprint density at radius 3 is 2.43 bits per heavy atom. The Morgan fingerprint density at radius 1 is 1.10 bits per heavy atom. The molecule has 8 nitrogen and oxygen atoms in total. The van der Waals surface area contributed by atoms with Crippen LogP contribution in [-0.2, 0) is 11.8 Å². The van der Waals surface area contributed by atoms with Crippen molar-refractivity contribution in [1.29, 1.82) is 0 Å². The highest BCUT2D eigenvalue weighted by Gasteiger charge is 2.26. The van der Waals surface area contributed by atoms with Gasteiger partial charge in [-0.1, -0.05) is 24.3 Å². The quantitative estimate of drug-likeness (QED) is 0.714. The lowest BCUT2D eigenvalue weighted by Gasteiger charge is -2.33. The predicted molar refractivity (Wildman–Crippen MR) is 116 cm³/mol. The minimum atomic E-state index is -0.491. The topological polar surface area (TPSA) is 85.2 Å². The molecule has 8 heteroatoms. The highest BCUT2D eigenvalue weighted by atomic mass is 16.6. The Morgan fingerprint density at radius 2 is 1.80 bits per heavy atom. The van der Waals surface area contributed by atoms with Gasteiger partial charge < -0.3 is 15.0 Å². The zero-order chi connectivity index (χ0) is 21.3. The van der Waals surface area contributed by atoms with Gasteiger partial charge in [-0.05, 0) is 39.7 Å². The first-order valence-corrected chi connectivity index (χ1v) is 10.3. The molecule has 4 rings (SSSR count). The molecule has 0 unspecified atom stereocenters. The second kappa shape index (κ2) is 7.93. The maximum atomic E-state index is 12.1. The lowest BCUT2D eigenvalue weighted by atomic mass is 10.0. The number of aryl methyl sites for hydroxylation is 1. The summed E-state index contributed by atoms with van der Waals surface area (Å²) in [5.41, 5.74) is 1.27. The molecule has 0 saturated carbocycles. The molecule has 0 radical (unpaired) electrons. The minimum Gasteiger partial charge on any atom is -0.444 e. The number of ether oxygens (including phenoxy) is 1. The third kappa shape index (κ3) is 4.22. The first-order valence-electron chi connectivity index (χ1n) is 10.3. The Balaban J connectivity index is 1.52. The molecule has 3 heterocycles. The highest BCUT2D eigenvalue weighted by Crippen LogP contribution is 2.32. The molecule has 1 aromatic carbocycles. The van der Waals surface area contributed by atoms with Gasteiger partial charge in [-0.25, -0.2) is 4.79 Å². The van der Waals surface area contributed by atoms with Crippen LogP contribution in [0.5, 0.6) is 0 Å². The van der Waals surface area contributed by atoms with E-state index in [-0.39, 0.29) is 12.1 Å². The largest absolute Gasteiger partial charge is 0.444 e. The first kappa shape index (κ1) is 20.1. The van der Waals surface area contributed by atoms with Crippen molar-refractivity contribution in [3.63, 3.8) is 0 Å². The fourth-order valence-electron chi connectivity index (χ4n) is 3.83. The molecule has 30 heavy (non-hydrogen) atoms. The standard InChI is InChI=1S/C22H28N6O2/c1-22(2,3)30-21(29)24-15-10-13-28(14-11-15)20-17-8-6-5-7-16(17)19(25-26-20)18-9-12-23-27(18)4/h5-9,12,15H,10-11,13-14H2,1-4H3,(H,24,29). The van der Waals surface area contributed by atoms with Crippen molar-refractivity contribution in [2.75, 3.05) is 18.0 Å². The molecule has 0 bridgehead atoms. The Labute approximate surface area is 176 Å². The molecule has 1 saturated heterocycles. The molecule has 1 amide bonds. The van der Waals surface area contributed by atoms with E-state index in [1.54, 1.807) is 6.20 Å². The Bertz CT molecular complexity index is 1050. The summed E-state index contributed by atoms with van der Waals surface area (Å²) in [5.74, 6) is 0.882. The van der Waals surface area contributed by atoms with Gasteiger partial charge in [0.25, 0.3) is 0 Å². The van der Waals surface area contributed by atoms with Crippen molar-refractivity contribution >= 4 is 22.7 Å². The molecule has 1 aliphatic rings. The lowest BCUT2D eigenvalue weighted by Crippen LogP contribution is -2.46. The summed E-state index contributed by atoms with van der Waals surface area (Å²) < 4.78 is 7.18. The van der Waals surface area contributed by atoms with E-state index < -0.39 is 5.60 Å². The number of nitrogens with zero attached hydrogens (tertiary/aromatic N) is 5. The summed E-state index contributed by atoms with van der Waals surface area (Å²) in [7, 11) is 1.90. The summed E-state index contributed by atoms with van der Waals surface area (Å²) in [6, 6.07) is 10.3. The zero-order valence-corrected chi connectivity index (χ0v) is 17.9. The van der Waals surface area contributed by atoms with E-state index in [0.29, 0.717) is 0 Å². The van der Waals surface area contributed by atoms with Gasteiger partial charge in [0.05, 0.1) is 5.69 Å². The fourth-order valence-corrected chi connectivity index (χ4v) is 3.83. The van der Waals surface area contributed by atoms with Crippen LogP contribution >= 0.6 is 0 Å². The van der Waals surface area contributed by atoms with Crippen molar-refractivity contribution in [2.24, 2.45) is 7.05 Å². The number of benzene rings is 1. The van der Waals surface area contributed by atoms with E-state index in [4.69, 9.17) is 4.74 Å². The van der Waals surface area contributed by atoms with Crippen molar-refractivity contribution < 1.29 is 9.53 Å². The van der Waals surface area contributed by atoms with Crippen LogP contribution in [0.25, 0.3) is 22.2 Å². The monoisotopic (exact) mass is 408 g/mol. The van der Waals surface area contributed by atoms with Crippen LogP contribution in [0.4, 0.5) is 10.6 Å². The van der Waals surface area contributed by atoms with Gasteiger partial charge in [0, 0.05) is 43.1 Å². The van der Waals surface area contributed by atoms with Crippen LogP contribution in [0.15, 0.2) is 36.5 Å². The highest BCUT2D eigenvalue weighted by molar-refractivity contribution is 5.99. The average molecular weight is 409 g/mol. The molecule has 0 atom stereocenters. The molecular formula is C22H28N6O2. The number of nitrogens with one attached hydrogen (secondary N) is 1. The van der Waals surface area contributed by atoms with Gasteiger partial charge in [0.2, 0.25) is 0 Å². The molecule has 3 aromatic rings. The van der Waals surface area contributed by atoms with Crippen LogP contribution < -0.4 is 10.2 Å². The van der Waals surface area contributed by atoms with Crippen LogP contribution in [0, 0.1) is 0 Å². The van der Waals surface area contributed by atoms with Crippen LogP contribution in [0.2, 0.25) is 0 Å². The number of piperidine rings is 1.